The van der Waals surface area contributed by atoms with Crippen molar-refractivity contribution in [1.29, 1.82) is 0 Å². The van der Waals surface area contributed by atoms with E-state index in [1.54, 1.807) is 18.6 Å². The third kappa shape index (κ3) is 2.94. The molecule has 0 aliphatic heterocycles. The quantitative estimate of drug-likeness (QED) is 0.578. The molecule has 0 N–H and O–H groups in total. The molecule has 116 valence electrons. The summed E-state index contributed by atoms with van der Waals surface area (Å²) < 4.78 is 0. The largest absolute Gasteiger partial charge is 0.251 e. The van der Waals surface area contributed by atoms with Gasteiger partial charge in [-0.3, -0.25) is 4.98 Å². The molecule has 0 saturated carbocycles. The molecule has 3 heterocycles. The molecular weight excluding hydrogens is 300 g/mol. The van der Waals surface area contributed by atoms with Crippen molar-refractivity contribution in [2.75, 3.05) is 0 Å². The van der Waals surface area contributed by atoms with Crippen LogP contribution in [0.2, 0.25) is 0 Å². The van der Waals surface area contributed by atoms with Gasteiger partial charge in [0.25, 0.3) is 0 Å². The number of aryl methyl sites for hydroxylation is 1. The van der Waals surface area contributed by atoms with Gasteiger partial charge in [-0.25, -0.2) is 15.0 Å². The highest BCUT2D eigenvalue weighted by Crippen LogP contribution is 2.14. The number of hydrogen-bond donors (Lipinski definition) is 0. The minimum Gasteiger partial charge on any atom is -0.251 e. The molecule has 3 aromatic heterocycles. The first-order chi connectivity index (χ1) is 11.8. The first-order valence-electron chi connectivity index (χ1n) is 7.60. The van der Waals surface area contributed by atoms with Crippen LogP contribution >= 0.6 is 0 Å². The molecule has 0 aliphatic carbocycles. The summed E-state index contributed by atoms with van der Waals surface area (Å²) in [6.45, 7) is 1.90. The number of fused-ring (bicyclic) bond motifs is 1. The molecule has 1 aromatic carbocycles. The van der Waals surface area contributed by atoms with Crippen LogP contribution in [-0.2, 0) is 6.42 Å². The molecule has 0 saturated heterocycles. The Hall–Kier alpha value is -3.28. The molecule has 0 spiro atoms. The SMILES string of the molecule is Cc1cnc2cc(Cc3cnc(-c4ccccc4)nn3)cnc2n1. The van der Waals surface area contributed by atoms with Crippen LogP contribution in [-0.4, -0.2) is 30.1 Å². The van der Waals surface area contributed by atoms with E-state index in [4.69, 9.17) is 0 Å². The van der Waals surface area contributed by atoms with Crippen molar-refractivity contribution in [3.05, 3.63) is 71.9 Å². The molecule has 0 atom stereocenters. The smallest absolute Gasteiger partial charge is 0.181 e. The number of hydrogen-bond acceptors (Lipinski definition) is 6. The van der Waals surface area contributed by atoms with Gasteiger partial charge >= 0.3 is 0 Å². The Balaban J connectivity index is 1.58. The zero-order valence-electron chi connectivity index (χ0n) is 13.1. The predicted octanol–water partition coefficient (Wildman–Crippen LogP) is 2.78. The molecule has 0 bridgehead atoms. The molecule has 24 heavy (non-hydrogen) atoms. The molecule has 0 amide bonds. The Kier molecular flexibility index (Phi) is 3.63. The van der Waals surface area contributed by atoms with E-state index in [1.165, 1.54) is 0 Å². The Bertz CT molecular complexity index is 983. The summed E-state index contributed by atoms with van der Waals surface area (Å²) in [5.41, 5.74) is 5.03. The summed E-state index contributed by atoms with van der Waals surface area (Å²) in [6, 6.07) is 11.8. The fourth-order valence-corrected chi connectivity index (χ4v) is 2.43. The van der Waals surface area contributed by atoms with E-state index < -0.39 is 0 Å². The summed E-state index contributed by atoms with van der Waals surface area (Å²) >= 11 is 0. The number of benzene rings is 1. The van der Waals surface area contributed by atoms with Crippen LogP contribution in [0.3, 0.4) is 0 Å². The van der Waals surface area contributed by atoms with Gasteiger partial charge in [0.2, 0.25) is 0 Å². The fraction of sp³-hybridized carbons (Fsp3) is 0.111. The molecule has 0 unspecified atom stereocenters. The molecule has 0 aliphatic rings. The van der Waals surface area contributed by atoms with Gasteiger partial charge in [-0.1, -0.05) is 30.3 Å². The van der Waals surface area contributed by atoms with Crippen LogP contribution in [0.25, 0.3) is 22.6 Å². The van der Waals surface area contributed by atoms with Gasteiger partial charge in [0, 0.05) is 24.4 Å². The highest BCUT2D eigenvalue weighted by atomic mass is 15.2. The van der Waals surface area contributed by atoms with Crippen molar-refractivity contribution in [1.82, 2.24) is 30.1 Å². The molecule has 0 fully saturated rings. The summed E-state index contributed by atoms with van der Waals surface area (Å²) in [5.74, 6) is 0.623. The summed E-state index contributed by atoms with van der Waals surface area (Å²) in [7, 11) is 0. The Morgan fingerprint density at radius 1 is 0.875 bits per heavy atom. The van der Waals surface area contributed by atoms with Gasteiger partial charge in [-0.2, -0.15) is 5.10 Å². The van der Waals surface area contributed by atoms with E-state index in [0.29, 0.717) is 17.9 Å². The van der Waals surface area contributed by atoms with Crippen LogP contribution in [0, 0.1) is 6.92 Å². The summed E-state index contributed by atoms with van der Waals surface area (Å²) in [4.78, 5) is 17.5. The molecule has 6 nitrogen and oxygen atoms in total. The zero-order valence-corrected chi connectivity index (χ0v) is 13.1. The van der Waals surface area contributed by atoms with Crippen molar-refractivity contribution < 1.29 is 0 Å². The van der Waals surface area contributed by atoms with Crippen LogP contribution in [0.1, 0.15) is 17.0 Å². The van der Waals surface area contributed by atoms with Gasteiger partial charge in [-0.05, 0) is 18.6 Å². The molecule has 6 heteroatoms. The summed E-state index contributed by atoms with van der Waals surface area (Å²) in [6.07, 6.45) is 5.89. The summed E-state index contributed by atoms with van der Waals surface area (Å²) in [5, 5.41) is 8.48. The zero-order chi connectivity index (χ0) is 16.4. The van der Waals surface area contributed by atoms with Crippen LogP contribution < -0.4 is 0 Å². The van der Waals surface area contributed by atoms with Crippen molar-refractivity contribution in [3.8, 4) is 11.4 Å². The Labute approximate surface area is 138 Å². The third-order valence-corrected chi connectivity index (χ3v) is 3.60. The van der Waals surface area contributed by atoms with Gasteiger partial charge < -0.3 is 0 Å². The Morgan fingerprint density at radius 2 is 1.75 bits per heavy atom. The fourth-order valence-electron chi connectivity index (χ4n) is 2.43. The van der Waals surface area contributed by atoms with Crippen molar-refractivity contribution >= 4 is 11.2 Å². The Morgan fingerprint density at radius 3 is 2.54 bits per heavy atom. The number of pyridine rings is 1. The van der Waals surface area contributed by atoms with Crippen molar-refractivity contribution in [2.45, 2.75) is 13.3 Å². The maximum Gasteiger partial charge on any atom is 0.181 e. The highest BCUT2D eigenvalue weighted by Gasteiger charge is 2.06. The van der Waals surface area contributed by atoms with Gasteiger partial charge in [0.1, 0.15) is 5.52 Å². The topological polar surface area (TPSA) is 77.3 Å². The van der Waals surface area contributed by atoms with E-state index in [1.807, 2.05) is 43.3 Å². The van der Waals surface area contributed by atoms with E-state index in [-0.39, 0.29) is 0 Å². The highest BCUT2D eigenvalue weighted by molar-refractivity contribution is 5.69. The molecular formula is C18H14N6. The monoisotopic (exact) mass is 314 g/mol. The van der Waals surface area contributed by atoms with Crippen molar-refractivity contribution in [2.24, 2.45) is 0 Å². The minimum atomic E-state index is 0.605. The number of nitrogens with zero attached hydrogens (tertiary/aromatic N) is 6. The van der Waals surface area contributed by atoms with E-state index in [9.17, 15) is 0 Å². The third-order valence-electron chi connectivity index (χ3n) is 3.60. The lowest BCUT2D eigenvalue weighted by molar-refractivity contribution is 0.897. The van der Waals surface area contributed by atoms with Crippen LogP contribution in [0.15, 0.2) is 55.0 Å². The lowest BCUT2D eigenvalue weighted by atomic mass is 10.1. The molecule has 4 aromatic rings. The van der Waals surface area contributed by atoms with E-state index in [2.05, 4.69) is 30.1 Å². The van der Waals surface area contributed by atoms with Crippen LogP contribution in [0.4, 0.5) is 0 Å². The van der Waals surface area contributed by atoms with Gasteiger partial charge in [0.05, 0.1) is 17.6 Å². The van der Waals surface area contributed by atoms with E-state index >= 15 is 0 Å². The second kappa shape index (κ2) is 6.08. The maximum absolute atomic E-state index is 4.40. The van der Waals surface area contributed by atoms with Crippen molar-refractivity contribution in [3.63, 3.8) is 0 Å². The first-order valence-corrected chi connectivity index (χ1v) is 7.60. The van der Waals surface area contributed by atoms with Crippen LogP contribution in [0.5, 0.6) is 0 Å². The van der Waals surface area contributed by atoms with Gasteiger partial charge in [0.15, 0.2) is 11.5 Å². The molecule has 0 radical (unpaired) electrons. The average Bonchev–Trinajstić information content (AvgIpc) is 2.63. The number of aromatic nitrogens is 6. The number of rotatable bonds is 3. The normalized spacial score (nSPS) is 10.9. The second-order valence-electron chi connectivity index (χ2n) is 5.51. The van der Waals surface area contributed by atoms with E-state index in [0.717, 1.165) is 28.0 Å². The molecule has 4 rings (SSSR count). The van der Waals surface area contributed by atoms with Gasteiger partial charge in [-0.15, -0.1) is 5.10 Å². The average molecular weight is 314 g/mol. The predicted molar refractivity (Wildman–Crippen MR) is 90.1 cm³/mol. The maximum atomic E-state index is 4.40. The minimum absolute atomic E-state index is 0.605. The lowest BCUT2D eigenvalue weighted by Crippen LogP contribution is -2.00. The second-order valence-corrected chi connectivity index (χ2v) is 5.51. The first kappa shape index (κ1) is 14.3. The standard InChI is InChI=1S/C18H14N6/c1-12-9-19-16-8-13(10-20-18(16)22-12)7-15-11-21-17(24-23-15)14-5-3-2-4-6-14/h2-6,8-11H,7H2,1H3. The lowest BCUT2D eigenvalue weighted by Gasteiger charge is -2.03.